The second-order valence-electron chi connectivity index (χ2n) is 4.34. The molecule has 0 fully saturated rings. The van der Waals surface area contributed by atoms with E-state index in [1.54, 1.807) is 0 Å². The lowest BCUT2D eigenvalue weighted by Gasteiger charge is -2.19. The van der Waals surface area contributed by atoms with Gasteiger partial charge in [0.2, 0.25) is 0 Å². The van der Waals surface area contributed by atoms with Crippen LogP contribution < -0.4 is 4.31 Å². The van der Waals surface area contributed by atoms with Crippen LogP contribution in [0.2, 0.25) is 0 Å². The van der Waals surface area contributed by atoms with E-state index in [1.165, 1.54) is 31.3 Å². The third-order valence-corrected chi connectivity index (χ3v) is 5.08. The second kappa shape index (κ2) is 5.99. The van der Waals surface area contributed by atoms with Gasteiger partial charge in [-0.05, 0) is 42.5 Å². The maximum atomic E-state index is 13.4. The molecule has 0 radical (unpaired) electrons. The van der Waals surface area contributed by atoms with Crippen LogP contribution >= 0.6 is 11.6 Å². The van der Waals surface area contributed by atoms with E-state index >= 15 is 0 Å². The van der Waals surface area contributed by atoms with E-state index in [2.05, 4.69) is 0 Å². The van der Waals surface area contributed by atoms with Gasteiger partial charge in [0.15, 0.2) is 0 Å². The largest absolute Gasteiger partial charge is 0.269 e. The molecule has 0 aliphatic rings. The van der Waals surface area contributed by atoms with Crippen LogP contribution in [0.4, 0.5) is 14.5 Å². The van der Waals surface area contributed by atoms with Crippen molar-refractivity contribution < 1.29 is 17.2 Å². The van der Waals surface area contributed by atoms with E-state index in [0.29, 0.717) is 5.69 Å². The Balaban J connectivity index is 2.43. The number of nitrogens with zero attached hydrogens (tertiary/aromatic N) is 1. The molecule has 2 aromatic carbocycles. The van der Waals surface area contributed by atoms with Crippen LogP contribution in [-0.2, 0) is 15.9 Å². The summed E-state index contributed by atoms with van der Waals surface area (Å²) in [5.41, 5.74) is 0.401. The van der Waals surface area contributed by atoms with E-state index in [-0.39, 0.29) is 16.3 Å². The molecule has 2 aromatic rings. The minimum atomic E-state index is -3.87. The highest BCUT2D eigenvalue weighted by atomic mass is 35.5. The molecule has 0 amide bonds. The fourth-order valence-corrected chi connectivity index (χ4v) is 3.21. The van der Waals surface area contributed by atoms with Crippen LogP contribution in [0, 0.1) is 11.6 Å². The van der Waals surface area contributed by atoms with Crippen molar-refractivity contribution in [3.05, 3.63) is 59.7 Å². The molecule has 0 bridgehead atoms. The molecule has 112 valence electrons. The van der Waals surface area contributed by atoms with Crippen LogP contribution in [0.5, 0.6) is 0 Å². The highest BCUT2D eigenvalue weighted by Crippen LogP contribution is 2.24. The SMILES string of the molecule is CN(c1ccc(F)cc1)S(=O)(=O)c1ccc(F)c(CCl)c1. The monoisotopic (exact) mass is 331 g/mol. The predicted octanol–water partition coefficient (Wildman–Crippen LogP) is 3.53. The van der Waals surface area contributed by atoms with Gasteiger partial charge in [0.25, 0.3) is 10.0 Å². The quantitative estimate of drug-likeness (QED) is 0.804. The predicted molar refractivity (Wildman–Crippen MR) is 77.9 cm³/mol. The summed E-state index contributed by atoms with van der Waals surface area (Å²) < 4.78 is 52.2. The fourth-order valence-electron chi connectivity index (χ4n) is 1.76. The lowest BCUT2D eigenvalue weighted by Crippen LogP contribution is -2.26. The Morgan fingerprint density at radius 1 is 1.10 bits per heavy atom. The zero-order chi connectivity index (χ0) is 15.6. The van der Waals surface area contributed by atoms with E-state index in [4.69, 9.17) is 11.6 Å². The zero-order valence-electron chi connectivity index (χ0n) is 11.1. The molecule has 0 N–H and O–H groups in total. The van der Waals surface area contributed by atoms with Crippen molar-refractivity contribution in [1.29, 1.82) is 0 Å². The zero-order valence-corrected chi connectivity index (χ0v) is 12.6. The van der Waals surface area contributed by atoms with Crippen LogP contribution in [0.3, 0.4) is 0 Å². The first-order chi connectivity index (χ1) is 9.86. The first kappa shape index (κ1) is 15.7. The Hall–Kier alpha value is -1.66. The minimum Gasteiger partial charge on any atom is -0.269 e. The molecule has 0 saturated heterocycles. The average molecular weight is 332 g/mol. The molecular weight excluding hydrogens is 320 g/mol. The molecule has 0 heterocycles. The molecular formula is C14H12ClF2NO2S. The normalized spacial score (nSPS) is 11.4. The average Bonchev–Trinajstić information content (AvgIpc) is 2.47. The highest BCUT2D eigenvalue weighted by molar-refractivity contribution is 7.92. The standard InChI is InChI=1S/C14H12ClF2NO2S/c1-18(12-4-2-11(16)3-5-12)21(19,20)13-6-7-14(17)10(8-13)9-15/h2-8H,9H2,1H3. The first-order valence-electron chi connectivity index (χ1n) is 5.95. The van der Waals surface area contributed by atoms with Crippen LogP contribution in [0.25, 0.3) is 0 Å². The van der Waals surface area contributed by atoms with Gasteiger partial charge in [-0.15, -0.1) is 11.6 Å². The van der Waals surface area contributed by atoms with Crippen LogP contribution in [-0.4, -0.2) is 15.5 Å². The molecule has 3 nitrogen and oxygen atoms in total. The molecule has 7 heteroatoms. The third kappa shape index (κ3) is 3.16. The fraction of sp³-hybridized carbons (Fsp3) is 0.143. The van der Waals surface area contributed by atoms with E-state index < -0.39 is 21.7 Å². The molecule has 0 unspecified atom stereocenters. The summed E-state index contributed by atoms with van der Waals surface area (Å²) in [6, 6.07) is 8.44. The van der Waals surface area contributed by atoms with Crippen molar-refractivity contribution >= 4 is 27.3 Å². The van der Waals surface area contributed by atoms with Crippen molar-refractivity contribution in [2.24, 2.45) is 0 Å². The topological polar surface area (TPSA) is 37.4 Å². The molecule has 21 heavy (non-hydrogen) atoms. The summed E-state index contributed by atoms with van der Waals surface area (Å²) in [7, 11) is -2.53. The molecule has 0 aromatic heterocycles. The number of hydrogen-bond acceptors (Lipinski definition) is 2. The number of sulfonamides is 1. The Labute approximate surface area is 126 Å². The number of benzene rings is 2. The van der Waals surface area contributed by atoms with Gasteiger partial charge in [0, 0.05) is 12.6 Å². The van der Waals surface area contributed by atoms with Gasteiger partial charge in [-0.2, -0.15) is 0 Å². The third-order valence-electron chi connectivity index (χ3n) is 3.01. The summed E-state index contributed by atoms with van der Waals surface area (Å²) in [6.07, 6.45) is 0. The Kier molecular flexibility index (Phi) is 4.49. The molecule has 0 saturated carbocycles. The Morgan fingerprint density at radius 2 is 1.71 bits per heavy atom. The summed E-state index contributed by atoms with van der Waals surface area (Å²) >= 11 is 5.58. The van der Waals surface area contributed by atoms with Crippen molar-refractivity contribution in [3.63, 3.8) is 0 Å². The Bertz CT molecular complexity index is 748. The lowest BCUT2D eigenvalue weighted by atomic mass is 10.2. The van der Waals surface area contributed by atoms with Crippen molar-refractivity contribution in [3.8, 4) is 0 Å². The number of alkyl halides is 1. The lowest BCUT2D eigenvalue weighted by molar-refractivity contribution is 0.591. The smallest absolute Gasteiger partial charge is 0.264 e. The summed E-state index contributed by atoms with van der Waals surface area (Å²) in [5, 5.41) is 0. The minimum absolute atomic E-state index is 0.0774. The van der Waals surface area contributed by atoms with Gasteiger partial charge in [-0.1, -0.05) is 0 Å². The van der Waals surface area contributed by atoms with Gasteiger partial charge < -0.3 is 0 Å². The molecule has 0 spiro atoms. The van der Waals surface area contributed by atoms with E-state index in [0.717, 1.165) is 22.5 Å². The number of halogens is 3. The second-order valence-corrected chi connectivity index (χ2v) is 6.57. The Morgan fingerprint density at radius 3 is 2.29 bits per heavy atom. The van der Waals surface area contributed by atoms with Gasteiger partial charge in [0.05, 0.1) is 16.5 Å². The van der Waals surface area contributed by atoms with Gasteiger partial charge >= 0.3 is 0 Å². The maximum absolute atomic E-state index is 13.4. The van der Waals surface area contributed by atoms with Crippen molar-refractivity contribution in [2.75, 3.05) is 11.4 Å². The van der Waals surface area contributed by atoms with Gasteiger partial charge in [-0.25, -0.2) is 17.2 Å². The van der Waals surface area contributed by atoms with Crippen molar-refractivity contribution in [2.45, 2.75) is 10.8 Å². The first-order valence-corrected chi connectivity index (χ1v) is 7.92. The maximum Gasteiger partial charge on any atom is 0.264 e. The number of rotatable bonds is 4. The van der Waals surface area contributed by atoms with Crippen molar-refractivity contribution in [1.82, 2.24) is 0 Å². The number of anilines is 1. The summed E-state index contributed by atoms with van der Waals surface area (Å²) in [6.45, 7) is 0. The molecule has 0 aliphatic carbocycles. The van der Waals surface area contributed by atoms with Crippen LogP contribution in [0.1, 0.15) is 5.56 Å². The van der Waals surface area contributed by atoms with E-state index in [9.17, 15) is 17.2 Å². The molecule has 2 rings (SSSR count). The highest BCUT2D eigenvalue weighted by Gasteiger charge is 2.22. The molecule has 0 aliphatic heterocycles. The van der Waals surface area contributed by atoms with E-state index in [1.807, 2.05) is 0 Å². The van der Waals surface area contributed by atoms with Gasteiger partial charge in [-0.3, -0.25) is 4.31 Å². The molecule has 0 atom stereocenters. The van der Waals surface area contributed by atoms with Crippen LogP contribution in [0.15, 0.2) is 47.4 Å². The number of hydrogen-bond donors (Lipinski definition) is 0. The summed E-state index contributed by atoms with van der Waals surface area (Å²) in [5.74, 6) is -1.15. The summed E-state index contributed by atoms with van der Waals surface area (Å²) in [4.78, 5) is -0.0774. The van der Waals surface area contributed by atoms with Gasteiger partial charge in [0.1, 0.15) is 11.6 Å².